The summed E-state index contributed by atoms with van der Waals surface area (Å²) in [4.78, 5) is 21.6. The lowest BCUT2D eigenvalue weighted by atomic mass is 10.2. The Morgan fingerprint density at radius 2 is 1.95 bits per heavy atom. The molecule has 0 amide bonds. The molecular formula is C11H11N5O4. The second-order valence-electron chi connectivity index (χ2n) is 3.77. The Kier molecular flexibility index (Phi) is 3.60. The highest BCUT2D eigenvalue weighted by atomic mass is 16.6. The summed E-state index contributed by atoms with van der Waals surface area (Å²) in [5, 5.41) is 10.7. The van der Waals surface area contributed by atoms with Gasteiger partial charge in [0.05, 0.1) is 12.0 Å². The molecule has 0 radical (unpaired) electrons. The van der Waals surface area contributed by atoms with Crippen LogP contribution in [-0.4, -0.2) is 27.0 Å². The molecule has 1 aromatic heterocycles. The van der Waals surface area contributed by atoms with Gasteiger partial charge < -0.3 is 15.2 Å². The molecular weight excluding hydrogens is 266 g/mol. The Balaban J connectivity index is 2.28. The normalized spacial score (nSPS) is 10.1. The molecule has 0 saturated heterocycles. The number of hydrogen-bond donors (Lipinski definition) is 1. The molecule has 0 aliphatic carbocycles. The lowest BCUT2D eigenvalue weighted by Crippen LogP contribution is -2.03. The van der Waals surface area contributed by atoms with Crippen molar-refractivity contribution in [2.75, 3.05) is 12.8 Å². The van der Waals surface area contributed by atoms with E-state index in [1.165, 1.54) is 25.3 Å². The van der Waals surface area contributed by atoms with Crippen LogP contribution in [0.5, 0.6) is 17.8 Å². The zero-order valence-corrected chi connectivity index (χ0v) is 10.7. The summed E-state index contributed by atoms with van der Waals surface area (Å²) in [5.74, 6) is 0.297. The quantitative estimate of drug-likeness (QED) is 0.657. The van der Waals surface area contributed by atoms with Crippen LogP contribution in [-0.2, 0) is 0 Å². The van der Waals surface area contributed by atoms with E-state index in [-0.39, 0.29) is 23.7 Å². The maximum atomic E-state index is 10.7. The van der Waals surface area contributed by atoms with E-state index < -0.39 is 4.92 Å². The van der Waals surface area contributed by atoms with Crippen molar-refractivity contribution >= 4 is 11.6 Å². The van der Waals surface area contributed by atoms with Gasteiger partial charge >= 0.3 is 12.0 Å². The molecule has 9 nitrogen and oxygen atoms in total. The smallest absolute Gasteiger partial charge is 0.330 e. The Hall–Kier alpha value is -2.97. The molecule has 2 aromatic rings. The zero-order chi connectivity index (χ0) is 14.7. The van der Waals surface area contributed by atoms with E-state index in [4.69, 9.17) is 15.2 Å². The highest BCUT2D eigenvalue weighted by Crippen LogP contribution is 2.26. The molecule has 0 bridgehead atoms. The predicted molar refractivity (Wildman–Crippen MR) is 68.7 cm³/mol. The van der Waals surface area contributed by atoms with Gasteiger partial charge in [0.25, 0.3) is 5.69 Å². The number of nitro groups is 1. The molecule has 0 unspecified atom stereocenters. The van der Waals surface area contributed by atoms with Crippen LogP contribution in [0.25, 0.3) is 0 Å². The van der Waals surface area contributed by atoms with Crippen molar-refractivity contribution in [1.29, 1.82) is 0 Å². The molecule has 20 heavy (non-hydrogen) atoms. The number of anilines is 1. The summed E-state index contributed by atoms with van der Waals surface area (Å²) in [5.41, 5.74) is 5.94. The summed E-state index contributed by atoms with van der Waals surface area (Å²) in [6.45, 7) is 1.60. The van der Waals surface area contributed by atoms with E-state index in [0.717, 1.165) is 0 Å². The molecule has 1 aromatic carbocycles. The number of aromatic nitrogens is 3. The first-order valence-electron chi connectivity index (χ1n) is 5.48. The van der Waals surface area contributed by atoms with Crippen molar-refractivity contribution in [2.45, 2.75) is 6.92 Å². The standard InChI is InChI=1S/C11H11N5O4/c1-6-5-7(3-4-8(6)16(17)18)20-11-14-9(12)13-10(15-11)19-2/h3-5H,1-2H3,(H2,12,13,14,15). The van der Waals surface area contributed by atoms with Gasteiger partial charge in [-0.3, -0.25) is 10.1 Å². The minimum absolute atomic E-state index is 0.00471. The van der Waals surface area contributed by atoms with Gasteiger partial charge in [-0.15, -0.1) is 4.98 Å². The second kappa shape index (κ2) is 5.34. The molecule has 0 aliphatic heterocycles. The third-order valence-electron chi connectivity index (χ3n) is 2.37. The third kappa shape index (κ3) is 2.88. The molecule has 104 valence electrons. The van der Waals surface area contributed by atoms with Crippen LogP contribution in [0.4, 0.5) is 11.6 Å². The number of ether oxygens (including phenoxy) is 2. The fraction of sp³-hybridized carbons (Fsp3) is 0.182. The van der Waals surface area contributed by atoms with Gasteiger partial charge in [0.2, 0.25) is 5.95 Å². The number of nitrogens with zero attached hydrogens (tertiary/aromatic N) is 4. The molecule has 2 N–H and O–H groups in total. The van der Waals surface area contributed by atoms with Crippen LogP contribution in [0.2, 0.25) is 0 Å². The van der Waals surface area contributed by atoms with E-state index in [1.807, 2.05) is 0 Å². The van der Waals surface area contributed by atoms with Crippen molar-refractivity contribution in [1.82, 2.24) is 15.0 Å². The first-order valence-corrected chi connectivity index (χ1v) is 5.48. The monoisotopic (exact) mass is 277 g/mol. The van der Waals surface area contributed by atoms with Crippen molar-refractivity contribution in [3.63, 3.8) is 0 Å². The van der Waals surface area contributed by atoms with Crippen LogP contribution in [0.1, 0.15) is 5.56 Å². The van der Waals surface area contributed by atoms with Gasteiger partial charge in [-0.25, -0.2) is 0 Å². The molecule has 0 saturated carbocycles. The van der Waals surface area contributed by atoms with Crippen LogP contribution >= 0.6 is 0 Å². The average molecular weight is 277 g/mol. The fourth-order valence-electron chi connectivity index (χ4n) is 1.49. The van der Waals surface area contributed by atoms with Crippen LogP contribution in [0.3, 0.4) is 0 Å². The van der Waals surface area contributed by atoms with Gasteiger partial charge in [0, 0.05) is 11.6 Å². The number of nitrogens with two attached hydrogens (primary N) is 1. The first-order chi connectivity index (χ1) is 9.49. The Bertz CT molecular complexity index is 661. The summed E-state index contributed by atoms with van der Waals surface area (Å²) in [6, 6.07) is 4.25. The average Bonchev–Trinajstić information content (AvgIpc) is 2.37. The van der Waals surface area contributed by atoms with Crippen molar-refractivity contribution in [3.8, 4) is 17.8 Å². The molecule has 0 atom stereocenters. The van der Waals surface area contributed by atoms with Crippen LogP contribution < -0.4 is 15.2 Å². The van der Waals surface area contributed by atoms with E-state index in [0.29, 0.717) is 11.3 Å². The lowest BCUT2D eigenvalue weighted by Gasteiger charge is -2.06. The van der Waals surface area contributed by atoms with E-state index in [1.54, 1.807) is 6.92 Å². The van der Waals surface area contributed by atoms with Gasteiger partial charge in [0.1, 0.15) is 5.75 Å². The zero-order valence-electron chi connectivity index (χ0n) is 10.7. The molecule has 1 heterocycles. The maximum absolute atomic E-state index is 10.7. The molecule has 0 fully saturated rings. The van der Waals surface area contributed by atoms with Crippen molar-refractivity contribution in [3.05, 3.63) is 33.9 Å². The lowest BCUT2D eigenvalue weighted by molar-refractivity contribution is -0.385. The van der Waals surface area contributed by atoms with E-state index >= 15 is 0 Å². The minimum Gasteiger partial charge on any atom is -0.467 e. The molecule has 9 heteroatoms. The van der Waals surface area contributed by atoms with Crippen molar-refractivity contribution in [2.24, 2.45) is 0 Å². The maximum Gasteiger partial charge on any atom is 0.330 e. The topological polar surface area (TPSA) is 126 Å². The minimum atomic E-state index is -0.469. The van der Waals surface area contributed by atoms with Crippen LogP contribution in [0.15, 0.2) is 18.2 Å². The van der Waals surface area contributed by atoms with Gasteiger partial charge in [-0.05, 0) is 19.1 Å². The number of benzene rings is 1. The van der Waals surface area contributed by atoms with Gasteiger partial charge in [-0.1, -0.05) is 0 Å². The fourth-order valence-corrected chi connectivity index (χ4v) is 1.49. The van der Waals surface area contributed by atoms with E-state index in [9.17, 15) is 10.1 Å². The van der Waals surface area contributed by atoms with E-state index in [2.05, 4.69) is 15.0 Å². The summed E-state index contributed by atoms with van der Waals surface area (Å²) >= 11 is 0. The first kappa shape index (κ1) is 13.5. The number of nitrogen functional groups attached to an aromatic ring is 1. The largest absolute Gasteiger partial charge is 0.467 e. The molecule has 0 aliphatic rings. The van der Waals surface area contributed by atoms with Gasteiger partial charge in [-0.2, -0.15) is 9.97 Å². The molecule has 2 rings (SSSR count). The van der Waals surface area contributed by atoms with Crippen molar-refractivity contribution < 1.29 is 14.4 Å². The Morgan fingerprint density at radius 1 is 1.25 bits per heavy atom. The summed E-state index contributed by atoms with van der Waals surface area (Å²) < 4.78 is 10.2. The number of nitro benzene ring substituents is 1. The third-order valence-corrected chi connectivity index (χ3v) is 2.37. The number of rotatable bonds is 4. The summed E-state index contributed by atoms with van der Waals surface area (Å²) in [7, 11) is 1.38. The Morgan fingerprint density at radius 3 is 2.55 bits per heavy atom. The highest BCUT2D eigenvalue weighted by Gasteiger charge is 2.12. The number of methoxy groups -OCH3 is 1. The van der Waals surface area contributed by atoms with Gasteiger partial charge in [0.15, 0.2) is 0 Å². The molecule has 0 spiro atoms. The summed E-state index contributed by atoms with van der Waals surface area (Å²) in [6.07, 6.45) is 0. The Labute approximate surface area is 113 Å². The second-order valence-corrected chi connectivity index (χ2v) is 3.77. The van der Waals surface area contributed by atoms with Crippen LogP contribution in [0, 0.1) is 17.0 Å². The number of hydrogen-bond acceptors (Lipinski definition) is 8. The number of aryl methyl sites for hydroxylation is 1. The SMILES string of the molecule is COc1nc(N)nc(Oc2ccc([N+](=O)[O-])c(C)c2)n1. The predicted octanol–water partition coefficient (Wildman–Crippen LogP) is 1.47. The highest BCUT2D eigenvalue weighted by molar-refractivity contribution is 5.45.